The summed E-state index contributed by atoms with van der Waals surface area (Å²) >= 11 is 0. The third kappa shape index (κ3) is 3.42. The molecule has 6 heteroatoms. The lowest BCUT2D eigenvalue weighted by Gasteiger charge is -2.15. The van der Waals surface area contributed by atoms with Gasteiger partial charge in [-0.1, -0.05) is 25.1 Å². The number of hydrogen-bond acceptors (Lipinski definition) is 4. The molecule has 0 saturated heterocycles. The maximum Gasteiger partial charge on any atom is 0.249 e. The van der Waals surface area contributed by atoms with Crippen LogP contribution in [-0.2, 0) is 11.3 Å². The van der Waals surface area contributed by atoms with Gasteiger partial charge in [-0.3, -0.25) is 4.79 Å². The molecule has 0 radical (unpaired) electrons. The monoisotopic (exact) mass is 273 g/mol. The number of nitrogens with zero attached hydrogens (tertiary/aromatic N) is 3. The van der Waals surface area contributed by atoms with E-state index in [4.69, 9.17) is 0 Å². The first-order valence-electron chi connectivity index (χ1n) is 6.66. The highest BCUT2D eigenvalue weighted by molar-refractivity contribution is 5.94. The quantitative estimate of drug-likeness (QED) is 0.838. The minimum absolute atomic E-state index is 0.112. The predicted octanol–water partition coefficient (Wildman–Crippen LogP) is 1.59. The van der Waals surface area contributed by atoms with Crippen molar-refractivity contribution in [2.75, 3.05) is 11.9 Å². The van der Waals surface area contributed by atoms with E-state index in [2.05, 4.69) is 20.7 Å². The molecule has 0 aliphatic heterocycles. The van der Waals surface area contributed by atoms with E-state index in [9.17, 15) is 4.79 Å². The van der Waals surface area contributed by atoms with Crippen LogP contribution in [0, 0.1) is 0 Å². The Hall–Kier alpha value is -2.21. The van der Waals surface area contributed by atoms with Crippen molar-refractivity contribution >= 4 is 11.6 Å². The normalized spacial score (nSPS) is 12.1. The van der Waals surface area contributed by atoms with Crippen LogP contribution in [0.25, 0.3) is 0 Å². The smallest absolute Gasteiger partial charge is 0.249 e. The fraction of sp³-hybridized carbons (Fsp3) is 0.357. The number of anilines is 1. The number of carbonyl (C=O) groups excluding carboxylic acids is 1. The number of hydrogen-bond donors (Lipinski definition) is 2. The molecule has 6 nitrogen and oxygen atoms in total. The molecule has 1 aromatic heterocycles. The molecular formula is C14H19N5O. The molecule has 2 rings (SSSR count). The van der Waals surface area contributed by atoms with Gasteiger partial charge in [-0.05, 0) is 25.1 Å². The van der Waals surface area contributed by atoms with Gasteiger partial charge in [-0.25, -0.2) is 9.67 Å². The van der Waals surface area contributed by atoms with E-state index >= 15 is 0 Å². The molecule has 1 heterocycles. The predicted molar refractivity (Wildman–Crippen MR) is 77.2 cm³/mol. The van der Waals surface area contributed by atoms with Crippen molar-refractivity contribution in [3.8, 4) is 0 Å². The van der Waals surface area contributed by atoms with Gasteiger partial charge in [0.1, 0.15) is 18.7 Å². The van der Waals surface area contributed by atoms with E-state index in [0.29, 0.717) is 0 Å². The Kier molecular flexibility index (Phi) is 4.84. The topological polar surface area (TPSA) is 71.8 Å². The SMILES string of the molecule is CCNCc1ccccc1NC(=O)C(C)n1cncn1. The van der Waals surface area contributed by atoms with E-state index in [-0.39, 0.29) is 5.91 Å². The van der Waals surface area contributed by atoms with Gasteiger partial charge in [0.25, 0.3) is 0 Å². The average Bonchev–Trinajstić information content (AvgIpc) is 2.99. The Morgan fingerprint density at radius 1 is 1.40 bits per heavy atom. The molecule has 1 amide bonds. The Morgan fingerprint density at radius 2 is 2.20 bits per heavy atom. The first-order valence-corrected chi connectivity index (χ1v) is 6.66. The highest BCUT2D eigenvalue weighted by Gasteiger charge is 2.16. The molecule has 1 unspecified atom stereocenters. The van der Waals surface area contributed by atoms with E-state index in [0.717, 1.165) is 24.3 Å². The Morgan fingerprint density at radius 3 is 2.90 bits per heavy atom. The molecule has 0 fully saturated rings. The van der Waals surface area contributed by atoms with Crippen molar-refractivity contribution in [2.24, 2.45) is 0 Å². The molecule has 0 aliphatic rings. The molecule has 0 spiro atoms. The van der Waals surface area contributed by atoms with Crippen LogP contribution in [0.15, 0.2) is 36.9 Å². The summed E-state index contributed by atoms with van der Waals surface area (Å²) in [5, 5.41) is 10.2. The van der Waals surface area contributed by atoms with Crippen LogP contribution in [-0.4, -0.2) is 27.2 Å². The summed E-state index contributed by atoms with van der Waals surface area (Å²) in [6.45, 7) is 5.45. The highest BCUT2D eigenvalue weighted by atomic mass is 16.2. The Balaban J connectivity index is 2.07. The van der Waals surface area contributed by atoms with E-state index in [1.54, 1.807) is 6.92 Å². The second-order valence-corrected chi connectivity index (χ2v) is 4.48. The molecular weight excluding hydrogens is 254 g/mol. The average molecular weight is 273 g/mol. The van der Waals surface area contributed by atoms with Crippen molar-refractivity contribution in [2.45, 2.75) is 26.4 Å². The molecule has 0 saturated carbocycles. The van der Waals surface area contributed by atoms with Crippen LogP contribution >= 0.6 is 0 Å². The lowest BCUT2D eigenvalue weighted by molar-refractivity contribution is -0.119. The Bertz CT molecular complexity index is 552. The summed E-state index contributed by atoms with van der Waals surface area (Å²) in [6.07, 6.45) is 2.96. The zero-order valence-electron chi connectivity index (χ0n) is 11.7. The molecule has 2 aromatic rings. The first kappa shape index (κ1) is 14.2. The van der Waals surface area contributed by atoms with Crippen LogP contribution in [0.2, 0.25) is 0 Å². The molecule has 0 bridgehead atoms. The van der Waals surface area contributed by atoms with E-state index in [1.807, 2.05) is 31.2 Å². The maximum atomic E-state index is 12.2. The van der Waals surface area contributed by atoms with Gasteiger partial charge in [0, 0.05) is 12.2 Å². The second-order valence-electron chi connectivity index (χ2n) is 4.48. The van der Waals surface area contributed by atoms with Crippen LogP contribution in [0.3, 0.4) is 0 Å². The zero-order chi connectivity index (χ0) is 14.4. The first-order chi connectivity index (χ1) is 9.72. The van der Waals surface area contributed by atoms with Crippen LogP contribution < -0.4 is 10.6 Å². The molecule has 20 heavy (non-hydrogen) atoms. The maximum absolute atomic E-state index is 12.2. The molecule has 1 aromatic carbocycles. The van der Waals surface area contributed by atoms with Crippen molar-refractivity contribution < 1.29 is 4.79 Å². The molecule has 1 atom stereocenters. The minimum atomic E-state index is -0.398. The van der Waals surface area contributed by atoms with Crippen LogP contribution in [0.4, 0.5) is 5.69 Å². The molecule has 106 valence electrons. The number of benzene rings is 1. The third-order valence-electron chi connectivity index (χ3n) is 3.05. The minimum Gasteiger partial charge on any atom is -0.324 e. The fourth-order valence-electron chi connectivity index (χ4n) is 1.83. The number of carbonyl (C=O) groups is 1. The number of para-hydroxylation sites is 1. The van der Waals surface area contributed by atoms with Gasteiger partial charge in [0.2, 0.25) is 5.91 Å². The van der Waals surface area contributed by atoms with Gasteiger partial charge >= 0.3 is 0 Å². The highest BCUT2D eigenvalue weighted by Crippen LogP contribution is 2.16. The summed E-state index contributed by atoms with van der Waals surface area (Å²) in [5.41, 5.74) is 1.89. The van der Waals surface area contributed by atoms with Crippen LogP contribution in [0.1, 0.15) is 25.5 Å². The third-order valence-corrected chi connectivity index (χ3v) is 3.05. The van der Waals surface area contributed by atoms with Gasteiger partial charge in [0.05, 0.1) is 0 Å². The number of rotatable bonds is 6. The Labute approximate surface area is 118 Å². The summed E-state index contributed by atoms with van der Waals surface area (Å²) in [4.78, 5) is 16.1. The van der Waals surface area contributed by atoms with Crippen LogP contribution in [0.5, 0.6) is 0 Å². The molecule has 0 aliphatic carbocycles. The van der Waals surface area contributed by atoms with E-state index < -0.39 is 6.04 Å². The lowest BCUT2D eigenvalue weighted by Crippen LogP contribution is -2.25. The fourth-order valence-corrected chi connectivity index (χ4v) is 1.83. The van der Waals surface area contributed by atoms with Crippen molar-refractivity contribution in [3.63, 3.8) is 0 Å². The lowest BCUT2D eigenvalue weighted by atomic mass is 10.1. The summed E-state index contributed by atoms with van der Waals surface area (Å²) in [7, 11) is 0. The van der Waals surface area contributed by atoms with Crippen molar-refractivity contribution in [1.29, 1.82) is 0 Å². The van der Waals surface area contributed by atoms with Crippen molar-refractivity contribution in [1.82, 2.24) is 20.1 Å². The molecule has 2 N–H and O–H groups in total. The summed E-state index contributed by atoms with van der Waals surface area (Å²) in [6, 6.07) is 7.37. The summed E-state index contributed by atoms with van der Waals surface area (Å²) < 4.78 is 1.53. The van der Waals surface area contributed by atoms with Gasteiger partial charge in [-0.15, -0.1) is 0 Å². The van der Waals surface area contributed by atoms with Gasteiger partial charge in [-0.2, -0.15) is 5.10 Å². The zero-order valence-corrected chi connectivity index (χ0v) is 11.7. The largest absolute Gasteiger partial charge is 0.324 e. The summed E-state index contributed by atoms with van der Waals surface area (Å²) in [5.74, 6) is -0.112. The number of nitrogens with one attached hydrogen (secondary N) is 2. The standard InChI is InChI=1S/C14H19N5O/c1-3-15-8-12-6-4-5-7-13(12)18-14(20)11(2)19-10-16-9-17-19/h4-7,9-11,15H,3,8H2,1-2H3,(H,18,20). The van der Waals surface area contributed by atoms with E-state index in [1.165, 1.54) is 17.3 Å². The number of aromatic nitrogens is 3. The van der Waals surface area contributed by atoms with Crippen molar-refractivity contribution in [3.05, 3.63) is 42.5 Å². The number of amides is 1. The van der Waals surface area contributed by atoms with Gasteiger partial charge in [0.15, 0.2) is 0 Å². The van der Waals surface area contributed by atoms with Gasteiger partial charge < -0.3 is 10.6 Å². The second kappa shape index (κ2) is 6.81.